The standard InChI is InChI=1S/C29H30ClN5O5/c1-18-9-26-19(10-20(18)15-37)5-6-34(26)29(38)28(25-4-3-21(30)11-27(25)40-8-7-36)33-22-12-23(14-24(13-22)39-2)35-17-31-16-32-35/h3-4,9-14,16-17,28,33,36-37H,5-8,15H2,1-2H3. The molecule has 0 aliphatic carbocycles. The SMILES string of the molecule is COc1cc(NC(C(=O)N2CCc3cc(CO)c(C)cc32)c2ccc(Cl)cc2OCCO)cc(-n2cncn2)c1. The average Bonchev–Trinajstić information content (AvgIpc) is 3.64. The number of aromatic nitrogens is 3. The van der Waals surface area contributed by atoms with Crippen LogP contribution in [0.25, 0.3) is 5.69 Å². The third kappa shape index (κ3) is 5.60. The van der Waals surface area contributed by atoms with Crippen LogP contribution in [0.1, 0.15) is 28.3 Å². The molecule has 3 aromatic carbocycles. The number of benzene rings is 3. The topological polar surface area (TPSA) is 122 Å². The van der Waals surface area contributed by atoms with E-state index < -0.39 is 6.04 Å². The molecule has 0 saturated heterocycles. The zero-order chi connectivity index (χ0) is 28.2. The molecule has 4 aromatic rings. The van der Waals surface area contributed by atoms with Crippen molar-refractivity contribution in [2.24, 2.45) is 0 Å². The molecular weight excluding hydrogens is 534 g/mol. The maximum atomic E-state index is 14.4. The van der Waals surface area contributed by atoms with E-state index >= 15 is 0 Å². The van der Waals surface area contributed by atoms with E-state index in [1.807, 2.05) is 31.2 Å². The van der Waals surface area contributed by atoms with Crippen LogP contribution in [0.4, 0.5) is 11.4 Å². The van der Waals surface area contributed by atoms with E-state index in [4.69, 9.17) is 21.1 Å². The zero-order valence-corrected chi connectivity index (χ0v) is 22.9. The second-order valence-electron chi connectivity index (χ2n) is 9.40. The molecule has 2 heterocycles. The van der Waals surface area contributed by atoms with Gasteiger partial charge < -0.3 is 29.9 Å². The van der Waals surface area contributed by atoms with Crippen LogP contribution in [-0.4, -0.2) is 57.8 Å². The van der Waals surface area contributed by atoms with Gasteiger partial charge >= 0.3 is 0 Å². The Bertz CT molecular complexity index is 1510. The first kappa shape index (κ1) is 27.4. The zero-order valence-electron chi connectivity index (χ0n) is 22.2. The summed E-state index contributed by atoms with van der Waals surface area (Å²) in [6, 6.07) is 13.6. The number of hydrogen-bond acceptors (Lipinski definition) is 8. The Morgan fingerprint density at radius 3 is 2.75 bits per heavy atom. The Morgan fingerprint density at radius 1 is 1.18 bits per heavy atom. The second kappa shape index (κ2) is 12.0. The van der Waals surface area contributed by atoms with Gasteiger partial charge in [0.2, 0.25) is 0 Å². The van der Waals surface area contributed by atoms with Crippen molar-refractivity contribution in [1.82, 2.24) is 14.8 Å². The molecule has 40 heavy (non-hydrogen) atoms. The molecule has 1 amide bonds. The van der Waals surface area contributed by atoms with E-state index in [1.54, 1.807) is 47.3 Å². The largest absolute Gasteiger partial charge is 0.497 e. The van der Waals surface area contributed by atoms with Gasteiger partial charge in [-0.3, -0.25) is 4.79 Å². The van der Waals surface area contributed by atoms with Gasteiger partial charge in [-0.15, -0.1) is 0 Å². The average molecular weight is 564 g/mol. The Labute approximate surface area is 236 Å². The number of carbonyl (C=O) groups is 1. The van der Waals surface area contributed by atoms with Crippen molar-refractivity contribution < 1.29 is 24.5 Å². The van der Waals surface area contributed by atoms with Crippen molar-refractivity contribution in [3.63, 3.8) is 0 Å². The first-order valence-corrected chi connectivity index (χ1v) is 13.2. The van der Waals surface area contributed by atoms with E-state index in [1.165, 1.54) is 6.33 Å². The van der Waals surface area contributed by atoms with Crippen molar-refractivity contribution in [2.45, 2.75) is 26.0 Å². The van der Waals surface area contributed by atoms with Crippen LogP contribution in [0, 0.1) is 6.92 Å². The predicted octanol–water partition coefficient (Wildman–Crippen LogP) is 3.84. The summed E-state index contributed by atoms with van der Waals surface area (Å²) in [6.07, 6.45) is 3.68. The Hall–Kier alpha value is -4.12. The fraction of sp³-hybridized carbons (Fsp3) is 0.276. The molecule has 11 heteroatoms. The summed E-state index contributed by atoms with van der Waals surface area (Å²) >= 11 is 6.29. The van der Waals surface area contributed by atoms with Crippen molar-refractivity contribution in [1.29, 1.82) is 0 Å². The number of amides is 1. The van der Waals surface area contributed by atoms with Gasteiger partial charge in [-0.1, -0.05) is 23.7 Å². The van der Waals surface area contributed by atoms with Crippen LogP contribution in [0.5, 0.6) is 11.5 Å². The van der Waals surface area contributed by atoms with Crippen LogP contribution in [0.2, 0.25) is 5.02 Å². The minimum absolute atomic E-state index is 0.0412. The summed E-state index contributed by atoms with van der Waals surface area (Å²) in [4.78, 5) is 20.2. The van der Waals surface area contributed by atoms with Crippen LogP contribution in [0.15, 0.2) is 61.2 Å². The summed E-state index contributed by atoms with van der Waals surface area (Å²) in [7, 11) is 1.57. The number of ether oxygens (including phenoxy) is 2. The van der Waals surface area contributed by atoms with Gasteiger partial charge in [0.25, 0.3) is 5.91 Å². The summed E-state index contributed by atoms with van der Waals surface area (Å²) in [5.41, 5.74) is 5.43. The molecule has 1 aromatic heterocycles. The number of carbonyl (C=O) groups excluding carboxylic acids is 1. The molecule has 10 nitrogen and oxygen atoms in total. The number of aliphatic hydroxyl groups is 2. The van der Waals surface area contributed by atoms with Gasteiger partial charge in [0.1, 0.15) is 36.8 Å². The van der Waals surface area contributed by atoms with Crippen LogP contribution >= 0.6 is 11.6 Å². The number of hydrogen-bond donors (Lipinski definition) is 3. The molecule has 5 rings (SSSR count). The van der Waals surface area contributed by atoms with Crippen molar-refractivity contribution in [2.75, 3.05) is 37.1 Å². The van der Waals surface area contributed by atoms with Crippen molar-refractivity contribution in [3.8, 4) is 17.2 Å². The summed E-state index contributed by atoms with van der Waals surface area (Å²) < 4.78 is 13.0. The second-order valence-corrected chi connectivity index (χ2v) is 9.83. The van der Waals surface area contributed by atoms with E-state index in [0.717, 1.165) is 22.4 Å². The maximum absolute atomic E-state index is 14.4. The highest BCUT2D eigenvalue weighted by Crippen LogP contribution is 2.38. The lowest BCUT2D eigenvalue weighted by Gasteiger charge is -2.28. The number of nitrogens with one attached hydrogen (secondary N) is 1. The number of anilines is 2. The van der Waals surface area contributed by atoms with Gasteiger partial charge in [0.05, 0.1) is 26.0 Å². The third-order valence-electron chi connectivity index (χ3n) is 6.87. The lowest BCUT2D eigenvalue weighted by Crippen LogP contribution is -2.37. The van der Waals surface area contributed by atoms with Crippen molar-refractivity contribution >= 4 is 28.9 Å². The number of halogens is 1. The Balaban J connectivity index is 1.59. The Kier molecular flexibility index (Phi) is 8.20. The summed E-state index contributed by atoms with van der Waals surface area (Å²) in [6.45, 7) is 2.20. The van der Waals surface area contributed by atoms with E-state index in [9.17, 15) is 15.0 Å². The first-order chi connectivity index (χ1) is 19.4. The third-order valence-corrected chi connectivity index (χ3v) is 7.11. The lowest BCUT2D eigenvalue weighted by atomic mass is 10.0. The van der Waals surface area contributed by atoms with Gasteiger partial charge in [-0.05, 0) is 54.3 Å². The smallest absolute Gasteiger partial charge is 0.254 e. The molecule has 208 valence electrons. The van der Waals surface area contributed by atoms with Gasteiger partial charge in [0.15, 0.2) is 0 Å². The Morgan fingerprint density at radius 2 is 2.02 bits per heavy atom. The highest BCUT2D eigenvalue weighted by molar-refractivity contribution is 6.30. The van der Waals surface area contributed by atoms with Gasteiger partial charge in [-0.25, -0.2) is 9.67 Å². The molecule has 1 aliphatic rings. The number of aryl methyl sites for hydroxylation is 1. The summed E-state index contributed by atoms with van der Waals surface area (Å²) in [5, 5.41) is 27.2. The molecule has 0 radical (unpaired) electrons. The minimum atomic E-state index is -0.884. The maximum Gasteiger partial charge on any atom is 0.254 e. The molecule has 1 aliphatic heterocycles. The molecule has 0 spiro atoms. The molecular formula is C29H30ClN5O5. The predicted molar refractivity (Wildman–Crippen MR) is 151 cm³/mol. The normalized spacial score (nSPS) is 13.2. The number of methoxy groups -OCH3 is 1. The van der Waals surface area contributed by atoms with Crippen LogP contribution in [-0.2, 0) is 17.8 Å². The molecule has 0 bridgehead atoms. The lowest BCUT2D eigenvalue weighted by molar-refractivity contribution is -0.119. The van der Waals surface area contributed by atoms with Crippen molar-refractivity contribution in [3.05, 3.63) is 88.5 Å². The fourth-order valence-electron chi connectivity index (χ4n) is 4.87. The highest BCUT2D eigenvalue weighted by atomic mass is 35.5. The summed E-state index contributed by atoms with van der Waals surface area (Å²) in [5.74, 6) is 0.752. The van der Waals surface area contributed by atoms with Gasteiger partial charge in [0, 0.05) is 40.6 Å². The first-order valence-electron chi connectivity index (χ1n) is 12.8. The van der Waals surface area contributed by atoms with E-state index in [-0.39, 0.29) is 25.7 Å². The molecule has 1 unspecified atom stereocenters. The van der Waals surface area contributed by atoms with E-state index in [2.05, 4.69) is 15.4 Å². The van der Waals surface area contributed by atoms with Crippen LogP contribution in [0.3, 0.4) is 0 Å². The quantitative estimate of drug-likeness (QED) is 0.266. The molecule has 1 atom stereocenters. The number of aliphatic hydroxyl groups excluding tert-OH is 2. The number of rotatable bonds is 10. The highest BCUT2D eigenvalue weighted by Gasteiger charge is 2.34. The van der Waals surface area contributed by atoms with Gasteiger partial charge in [-0.2, -0.15) is 5.10 Å². The number of nitrogens with zero attached hydrogens (tertiary/aromatic N) is 4. The van der Waals surface area contributed by atoms with Crippen LogP contribution < -0.4 is 19.7 Å². The molecule has 3 N–H and O–H groups in total. The van der Waals surface area contributed by atoms with E-state index in [0.29, 0.717) is 46.4 Å². The molecule has 0 fully saturated rings. The fourth-order valence-corrected chi connectivity index (χ4v) is 5.03. The molecule has 0 saturated carbocycles. The minimum Gasteiger partial charge on any atom is -0.497 e. The monoisotopic (exact) mass is 563 g/mol. The number of fused-ring (bicyclic) bond motifs is 1.